The van der Waals surface area contributed by atoms with Crippen LogP contribution in [0.3, 0.4) is 0 Å². The molecule has 3 rings (SSSR count). The maximum absolute atomic E-state index is 10.9. The molecule has 0 radical (unpaired) electrons. The van der Waals surface area contributed by atoms with Crippen molar-refractivity contribution in [1.82, 2.24) is 0 Å². The van der Waals surface area contributed by atoms with Crippen LogP contribution in [0.15, 0.2) is 66.7 Å². The Labute approximate surface area is 159 Å². The molecule has 132 valence electrons. The van der Waals surface area contributed by atoms with E-state index in [4.69, 9.17) is 16.3 Å². The van der Waals surface area contributed by atoms with Gasteiger partial charge in [0.25, 0.3) is 0 Å². The average Bonchev–Trinajstić information content (AvgIpc) is 2.65. The molecule has 0 unspecified atom stereocenters. The number of halogens is 1. The fraction of sp³-hybridized carbons (Fsp3) is 0.174. The smallest absolute Gasteiger partial charge is 0.125 e. The molecule has 3 aromatic carbocycles. The molecule has 0 saturated heterocycles. The van der Waals surface area contributed by atoms with E-state index in [9.17, 15) is 4.79 Å². The topological polar surface area (TPSA) is 26.3 Å². The minimum absolute atomic E-state index is 0.326. The number of aryl methyl sites for hydroxylation is 1. The van der Waals surface area contributed by atoms with Crippen LogP contribution in [-0.2, 0) is 24.2 Å². The minimum atomic E-state index is 0.326. The van der Waals surface area contributed by atoms with Crippen molar-refractivity contribution in [2.24, 2.45) is 0 Å². The summed E-state index contributed by atoms with van der Waals surface area (Å²) >= 11 is 6.54. The molecule has 0 fully saturated rings. The molecule has 0 aliphatic rings. The Bertz CT molecular complexity index is 871. The molecule has 0 saturated carbocycles. The van der Waals surface area contributed by atoms with Crippen LogP contribution in [0.4, 0.5) is 0 Å². The third kappa shape index (κ3) is 4.74. The van der Waals surface area contributed by atoms with Gasteiger partial charge in [-0.05, 0) is 35.7 Å². The molecule has 0 amide bonds. The van der Waals surface area contributed by atoms with Gasteiger partial charge in [-0.1, -0.05) is 71.8 Å². The molecule has 0 N–H and O–H groups in total. The maximum atomic E-state index is 10.9. The van der Waals surface area contributed by atoms with Crippen molar-refractivity contribution in [2.75, 3.05) is 0 Å². The van der Waals surface area contributed by atoms with E-state index in [0.717, 1.165) is 28.7 Å². The molecule has 0 atom stereocenters. The van der Waals surface area contributed by atoms with Crippen LogP contribution in [0.2, 0.25) is 5.02 Å². The molecule has 0 aliphatic carbocycles. The van der Waals surface area contributed by atoms with Gasteiger partial charge in [-0.2, -0.15) is 0 Å². The SMILES string of the molecule is Cc1ccc(Cc2c(Cl)cc(CC=O)cc2OCc2ccccc2)cc1. The van der Waals surface area contributed by atoms with E-state index in [1.807, 2.05) is 42.5 Å². The maximum Gasteiger partial charge on any atom is 0.125 e. The van der Waals surface area contributed by atoms with E-state index in [2.05, 4.69) is 31.2 Å². The third-order valence-electron chi connectivity index (χ3n) is 4.27. The predicted molar refractivity (Wildman–Crippen MR) is 106 cm³/mol. The largest absolute Gasteiger partial charge is 0.489 e. The summed E-state index contributed by atoms with van der Waals surface area (Å²) in [7, 11) is 0. The standard InChI is InChI=1S/C23H21ClO2/c1-17-7-9-18(10-8-17)13-21-22(24)14-20(11-12-25)15-23(21)26-16-19-5-3-2-4-6-19/h2-10,12,14-15H,11,13,16H2,1H3. The van der Waals surface area contributed by atoms with Crippen molar-refractivity contribution in [3.63, 3.8) is 0 Å². The zero-order valence-corrected chi connectivity index (χ0v) is 15.5. The Kier molecular flexibility index (Phi) is 6.08. The van der Waals surface area contributed by atoms with Gasteiger partial charge in [0.1, 0.15) is 18.6 Å². The van der Waals surface area contributed by atoms with Crippen LogP contribution in [0, 0.1) is 6.92 Å². The highest BCUT2D eigenvalue weighted by molar-refractivity contribution is 6.31. The van der Waals surface area contributed by atoms with Crippen LogP contribution < -0.4 is 4.74 Å². The van der Waals surface area contributed by atoms with Gasteiger partial charge < -0.3 is 9.53 Å². The number of hydrogen-bond acceptors (Lipinski definition) is 2. The van der Waals surface area contributed by atoms with Crippen LogP contribution in [0.5, 0.6) is 5.75 Å². The lowest BCUT2D eigenvalue weighted by Gasteiger charge is -2.15. The molecule has 3 heteroatoms. The van der Waals surface area contributed by atoms with Gasteiger partial charge in [-0.15, -0.1) is 0 Å². The van der Waals surface area contributed by atoms with E-state index in [1.54, 1.807) is 0 Å². The van der Waals surface area contributed by atoms with Crippen LogP contribution >= 0.6 is 11.6 Å². The molecule has 3 aromatic rings. The summed E-state index contributed by atoms with van der Waals surface area (Å²) in [4.78, 5) is 10.9. The predicted octanol–water partition coefficient (Wildman–Crippen LogP) is 5.56. The van der Waals surface area contributed by atoms with Crippen LogP contribution in [-0.4, -0.2) is 6.29 Å². The van der Waals surface area contributed by atoms with Crippen molar-refractivity contribution in [1.29, 1.82) is 0 Å². The van der Waals surface area contributed by atoms with E-state index in [-0.39, 0.29) is 0 Å². The van der Waals surface area contributed by atoms with Crippen LogP contribution in [0.1, 0.15) is 27.8 Å². The van der Waals surface area contributed by atoms with E-state index >= 15 is 0 Å². The van der Waals surface area contributed by atoms with Crippen molar-refractivity contribution >= 4 is 17.9 Å². The highest BCUT2D eigenvalue weighted by Crippen LogP contribution is 2.32. The molecule has 0 aliphatic heterocycles. The average molecular weight is 365 g/mol. The Hall–Kier alpha value is -2.58. The van der Waals surface area contributed by atoms with E-state index in [0.29, 0.717) is 24.5 Å². The zero-order chi connectivity index (χ0) is 18.4. The molecule has 0 aromatic heterocycles. The van der Waals surface area contributed by atoms with Crippen molar-refractivity contribution < 1.29 is 9.53 Å². The summed E-state index contributed by atoms with van der Waals surface area (Å²) in [5.41, 5.74) is 5.29. The van der Waals surface area contributed by atoms with E-state index < -0.39 is 0 Å². The fourth-order valence-electron chi connectivity index (χ4n) is 2.82. The number of aldehydes is 1. The first-order valence-corrected chi connectivity index (χ1v) is 9.00. The first-order chi connectivity index (χ1) is 12.7. The first kappa shape index (κ1) is 18.2. The summed E-state index contributed by atoms with van der Waals surface area (Å²) in [6.07, 6.45) is 1.89. The van der Waals surface area contributed by atoms with Crippen molar-refractivity contribution in [2.45, 2.75) is 26.4 Å². The van der Waals surface area contributed by atoms with Gasteiger partial charge in [0.15, 0.2) is 0 Å². The lowest BCUT2D eigenvalue weighted by Crippen LogP contribution is -2.02. The Morgan fingerprint density at radius 3 is 2.35 bits per heavy atom. The first-order valence-electron chi connectivity index (χ1n) is 8.63. The normalized spacial score (nSPS) is 10.5. The number of carbonyl (C=O) groups excluding carboxylic acids is 1. The van der Waals surface area contributed by atoms with Gasteiger partial charge in [-0.25, -0.2) is 0 Å². The number of rotatable bonds is 7. The molecule has 2 nitrogen and oxygen atoms in total. The summed E-state index contributed by atoms with van der Waals surface area (Å²) in [5.74, 6) is 0.735. The minimum Gasteiger partial charge on any atom is -0.489 e. The number of benzene rings is 3. The Morgan fingerprint density at radius 1 is 0.923 bits per heavy atom. The highest BCUT2D eigenvalue weighted by Gasteiger charge is 2.12. The van der Waals surface area contributed by atoms with Gasteiger partial charge in [0, 0.05) is 23.4 Å². The molecule has 0 spiro atoms. The van der Waals surface area contributed by atoms with Gasteiger partial charge >= 0.3 is 0 Å². The monoisotopic (exact) mass is 364 g/mol. The van der Waals surface area contributed by atoms with Crippen LogP contribution in [0.25, 0.3) is 0 Å². The summed E-state index contributed by atoms with van der Waals surface area (Å²) in [6, 6.07) is 22.2. The second-order valence-electron chi connectivity index (χ2n) is 6.36. The molecule has 26 heavy (non-hydrogen) atoms. The van der Waals surface area contributed by atoms with E-state index in [1.165, 1.54) is 11.1 Å². The number of hydrogen-bond donors (Lipinski definition) is 0. The molecular weight excluding hydrogens is 344 g/mol. The Balaban J connectivity index is 1.90. The molecule has 0 bridgehead atoms. The molecular formula is C23H21ClO2. The lowest BCUT2D eigenvalue weighted by molar-refractivity contribution is -0.107. The number of ether oxygens (including phenoxy) is 1. The summed E-state index contributed by atoms with van der Waals surface area (Å²) in [6.45, 7) is 2.53. The summed E-state index contributed by atoms with van der Waals surface area (Å²) in [5, 5.41) is 0.632. The van der Waals surface area contributed by atoms with Gasteiger partial charge in [0.2, 0.25) is 0 Å². The Morgan fingerprint density at radius 2 is 1.65 bits per heavy atom. The second kappa shape index (κ2) is 8.68. The third-order valence-corrected chi connectivity index (χ3v) is 4.61. The van der Waals surface area contributed by atoms with Gasteiger partial charge in [0.05, 0.1) is 0 Å². The second-order valence-corrected chi connectivity index (χ2v) is 6.77. The van der Waals surface area contributed by atoms with Gasteiger partial charge in [-0.3, -0.25) is 0 Å². The fourth-order valence-corrected chi connectivity index (χ4v) is 3.12. The molecule has 0 heterocycles. The van der Waals surface area contributed by atoms with Crippen molar-refractivity contribution in [3.8, 4) is 5.75 Å². The lowest BCUT2D eigenvalue weighted by atomic mass is 10.0. The summed E-state index contributed by atoms with van der Waals surface area (Å²) < 4.78 is 6.09. The quantitative estimate of drug-likeness (QED) is 0.513. The van der Waals surface area contributed by atoms with Crippen molar-refractivity contribution in [3.05, 3.63) is 99.6 Å². The highest BCUT2D eigenvalue weighted by atomic mass is 35.5. The zero-order valence-electron chi connectivity index (χ0n) is 14.7. The number of carbonyl (C=O) groups is 1.